The smallest absolute Gasteiger partial charge is 0.320 e. The highest BCUT2D eigenvalue weighted by atomic mass is 32.2. The third-order valence-corrected chi connectivity index (χ3v) is 7.89. The van der Waals surface area contributed by atoms with Crippen molar-refractivity contribution in [2.45, 2.75) is 44.6 Å². The highest BCUT2D eigenvalue weighted by Gasteiger charge is 2.39. The fourth-order valence-corrected chi connectivity index (χ4v) is 5.98. The van der Waals surface area contributed by atoms with E-state index in [0.29, 0.717) is 34.5 Å². The number of rotatable bonds is 7. The lowest BCUT2D eigenvalue weighted by Crippen LogP contribution is -2.52. The van der Waals surface area contributed by atoms with Crippen molar-refractivity contribution in [2.75, 3.05) is 30.6 Å². The number of carbonyl (C=O) groups is 2. The number of thioether (sulfide) groups is 1. The van der Waals surface area contributed by atoms with Crippen molar-refractivity contribution >= 4 is 45.1 Å². The van der Waals surface area contributed by atoms with E-state index in [-0.39, 0.29) is 29.5 Å². The number of allylic oxidation sites excluding steroid dienone is 2. The number of hydrogen-bond donors (Lipinski definition) is 1. The third-order valence-electron chi connectivity index (χ3n) is 6.18. The van der Waals surface area contributed by atoms with Crippen LogP contribution in [-0.2, 0) is 31.1 Å². The molecule has 1 atom stereocenters. The van der Waals surface area contributed by atoms with Gasteiger partial charge in [-0.15, -0.1) is 11.8 Å². The van der Waals surface area contributed by atoms with Crippen molar-refractivity contribution < 1.29 is 31.7 Å². The number of hydrogen-bond acceptors (Lipinski definition) is 9. The zero-order valence-corrected chi connectivity index (χ0v) is 23.2. The molecule has 2 heterocycles. The monoisotopic (exact) mass is 546 g/mol. The quantitative estimate of drug-likeness (QED) is 0.401. The topological polar surface area (TPSA) is 111 Å². The van der Waals surface area contributed by atoms with Gasteiger partial charge in [0, 0.05) is 24.2 Å². The van der Waals surface area contributed by atoms with E-state index in [1.807, 2.05) is 25.1 Å². The van der Waals surface area contributed by atoms with E-state index in [1.165, 1.54) is 31.0 Å². The molecule has 0 saturated carbocycles. The number of nitrogens with one attached hydrogen (secondary N) is 1. The first-order valence-electron chi connectivity index (χ1n) is 11.6. The second kappa shape index (κ2) is 9.94. The van der Waals surface area contributed by atoms with E-state index < -0.39 is 15.7 Å². The molecule has 1 amide bonds. The van der Waals surface area contributed by atoms with Crippen LogP contribution in [0.1, 0.15) is 32.8 Å². The van der Waals surface area contributed by atoms with Crippen LogP contribution in [0.2, 0.25) is 0 Å². The standard InChI is InChI=1S/C26H30N2O7S2/c1-15-7-12-22(36-15)24(29)34-14-19-17(10-11-20-23(19)28(4)25(30)26(2,3)27-20)18-9-8-16(13-21(18)33-5)35-37(6,31)32/h7-11,13,22,27H,12,14H2,1-6H3. The predicted octanol–water partition coefficient (Wildman–Crippen LogP) is 4.32. The van der Waals surface area contributed by atoms with Crippen molar-refractivity contribution in [1.82, 2.24) is 0 Å². The summed E-state index contributed by atoms with van der Waals surface area (Å²) < 4.78 is 39.6. The first kappa shape index (κ1) is 26.9. The van der Waals surface area contributed by atoms with E-state index in [0.717, 1.165) is 16.8 Å². The molecule has 0 aromatic heterocycles. The number of carbonyl (C=O) groups excluding carboxylic acids is 2. The number of amides is 1. The molecule has 1 unspecified atom stereocenters. The number of benzene rings is 2. The first-order chi connectivity index (χ1) is 17.3. The minimum atomic E-state index is -3.73. The molecular formula is C26H30N2O7S2. The molecule has 0 aliphatic carbocycles. The molecule has 2 aliphatic heterocycles. The first-order valence-corrected chi connectivity index (χ1v) is 14.3. The number of likely N-dealkylation sites (N-methyl/N-ethyl adjacent to an activating group) is 1. The summed E-state index contributed by atoms with van der Waals surface area (Å²) in [6.45, 7) is 5.50. The molecule has 1 N–H and O–H groups in total. The molecule has 9 nitrogen and oxygen atoms in total. The zero-order chi connectivity index (χ0) is 27.1. The van der Waals surface area contributed by atoms with Crippen LogP contribution in [-0.4, -0.2) is 51.5 Å². The van der Waals surface area contributed by atoms with E-state index >= 15 is 0 Å². The lowest BCUT2D eigenvalue weighted by molar-refractivity contribution is -0.144. The van der Waals surface area contributed by atoms with Gasteiger partial charge in [0.1, 0.15) is 28.9 Å². The van der Waals surface area contributed by atoms with Crippen LogP contribution in [0.5, 0.6) is 11.5 Å². The summed E-state index contributed by atoms with van der Waals surface area (Å²) in [6, 6.07) is 8.40. The minimum absolute atomic E-state index is 0.0715. The number of fused-ring (bicyclic) bond motifs is 1. The van der Waals surface area contributed by atoms with Crippen LogP contribution in [0.15, 0.2) is 41.3 Å². The molecule has 37 heavy (non-hydrogen) atoms. The molecule has 0 fully saturated rings. The Morgan fingerprint density at radius 2 is 1.92 bits per heavy atom. The Bertz CT molecular complexity index is 1400. The molecule has 2 aromatic carbocycles. The van der Waals surface area contributed by atoms with Crippen molar-refractivity contribution in [1.29, 1.82) is 0 Å². The molecule has 4 rings (SSSR count). The van der Waals surface area contributed by atoms with E-state index in [4.69, 9.17) is 13.7 Å². The summed E-state index contributed by atoms with van der Waals surface area (Å²) in [4.78, 5) is 28.7. The highest BCUT2D eigenvalue weighted by Crippen LogP contribution is 2.45. The van der Waals surface area contributed by atoms with Crippen LogP contribution in [0.4, 0.5) is 11.4 Å². The van der Waals surface area contributed by atoms with Gasteiger partial charge in [-0.3, -0.25) is 9.59 Å². The van der Waals surface area contributed by atoms with Crippen LogP contribution < -0.4 is 19.1 Å². The van der Waals surface area contributed by atoms with Gasteiger partial charge in [-0.2, -0.15) is 8.42 Å². The second-order valence-corrected chi connectivity index (χ2v) is 12.5. The number of ether oxygens (including phenoxy) is 2. The van der Waals surface area contributed by atoms with Crippen molar-refractivity contribution in [3.63, 3.8) is 0 Å². The van der Waals surface area contributed by atoms with Crippen LogP contribution in [0.3, 0.4) is 0 Å². The average molecular weight is 547 g/mol. The Balaban J connectivity index is 1.80. The largest absolute Gasteiger partial charge is 0.496 e. The third kappa shape index (κ3) is 5.57. The molecule has 0 spiro atoms. The Kier molecular flexibility index (Phi) is 7.22. The molecular weight excluding hydrogens is 516 g/mol. The Labute approximate surface area is 221 Å². The van der Waals surface area contributed by atoms with Crippen LogP contribution in [0, 0.1) is 0 Å². The summed E-state index contributed by atoms with van der Waals surface area (Å²) in [7, 11) is -0.567. The molecule has 198 valence electrons. The number of nitrogens with zero attached hydrogens (tertiary/aromatic N) is 1. The lowest BCUT2D eigenvalue weighted by atomic mass is 9.92. The van der Waals surface area contributed by atoms with Gasteiger partial charge in [-0.1, -0.05) is 12.1 Å². The van der Waals surface area contributed by atoms with E-state index in [2.05, 4.69) is 5.32 Å². The summed E-state index contributed by atoms with van der Waals surface area (Å²) in [6.07, 6.45) is 3.58. The average Bonchev–Trinajstić information content (AvgIpc) is 3.26. The van der Waals surface area contributed by atoms with E-state index in [1.54, 1.807) is 31.9 Å². The number of anilines is 2. The summed E-state index contributed by atoms with van der Waals surface area (Å²) >= 11 is 1.48. The second-order valence-electron chi connectivity index (χ2n) is 9.52. The summed E-state index contributed by atoms with van der Waals surface area (Å²) in [5.74, 6) is -0.00725. The summed E-state index contributed by atoms with van der Waals surface area (Å²) in [5, 5.41) is 2.98. The maximum Gasteiger partial charge on any atom is 0.320 e. The van der Waals surface area contributed by atoms with Gasteiger partial charge in [-0.05, 0) is 55.9 Å². The highest BCUT2D eigenvalue weighted by molar-refractivity contribution is 8.04. The summed E-state index contributed by atoms with van der Waals surface area (Å²) in [5.41, 5.74) is 2.42. The fraction of sp³-hybridized carbons (Fsp3) is 0.385. The van der Waals surface area contributed by atoms with Gasteiger partial charge >= 0.3 is 16.1 Å². The van der Waals surface area contributed by atoms with Gasteiger partial charge < -0.3 is 23.9 Å². The van der Waals surface area contributed by atoms with Gasteiger partial charge in [0.05, 0.1) is 24.7 Å². The van der Waals surface area contributed by atoms with Crippen LogP contribution >= 0.6 is 11.8 Å². The van der Waals surface area contributed by atoms with Crippen molar-refractivity contribution in [2.24, 2.45) is 0 Å². The van der Waals surface area contributed by atoms with Crippen molar-refractivity contribution in [3.8, 4) is 22.6 Å². The maximum atomic E-state index is 13.1. The number of esters is 1. The molecule has 0 bridgehead atoms. The molecule has 0 radical (unpaired) electrons. The maximum absolute atomic E-state index is 13.1. The lowest BCUT2D eigenvalue weighted by Gasteiger charge is -2.39. The van der Waals surface area contributed by atoms with Gasteiger partial charge in [-0.25, -0.2) is 0 Å². The number of methoxy groups -OCH3 is 1. The predicted molar refractivity (Wildman–Crippen MR) is 145 cm³/mol. The SMILES string of the molecule is COc1cc(OS(C)(=O)=O)ccc1-c1ccc2c(c1COC(=O)C1CC=C(C)S1)N(C)C(=O)C(C)(C)N2. The Morgan fingerprint density at radius 3 is 2.54 bits per heavy atom. The van der Waals surface area contributed by atoms with Gasteiger partial charge in [0.15, 0.2) is 0 Å². The molecule has 11 heteroatoms. The molecule has 2 aromatic rings. The van der Waals surface area contributed by atoms with Crippen molar-refractivity contribution in [3.05, 3.63) is 46.9 Å². The van der Waals surface area contributed by atoms with Crippen LogP contribution in [0.25, 0.3) is 11.1 Å². The zero-order valence-electron chi connectivity index (χ0n) is 21.6. The Hall–Kier alpha value is -3.18. The van der Waals surface area contributed by atoms with E-state index in [9.17, 15) is 18.0 Å². The normalized spacial score (nSPS) is 18.5. The van der Waals surface area contributed by atoms with Gasteiger partial charge in [0.2, 0.25) is 0 Å². The fourth-order valence-electron chi connectivity index (χ4n) is 4.52. The minimum Gasteiger partial charge on any atom is -0.496 e. The van der Waals surface area contributed by atoms with Gasteiger partial charge in [0.25, 0.3) is 5.91 Å². The molecule has 2 aliphatic rings. The Morgan fingerprint density at radius 1 is 1.22 bits per heavy atom. The molecule has 0 saturated heterocycles.